The van der Waals surface area contributed by atoms with Crippen LogP contribution in [0.1, 0.15) is 20.3 Å². The molecule has 0 aliphatic heterocycles. The second-order valence-electron chi connectivity index (χ2n) is 5.86. The smallest absolute Gasteiger partial charge is 0.163 e. The van der Waals surface area contributed by atoms with E-state index in [1.807, 2.05) is 36.4 Å². The number of nitrogens with two attached hydrogens (primary N) is 1. The Morgan fingerprint density at radius 3 is 2.40 bits per heavy atom. The molecule has 3 rings (SSSR count). The van der Waals surface area contributed by atoms with E-state index in [2.05, 4.69) is 34.6 Å². The van der Waals surface area contributed by atoms with Crippen molar-refractivity contribution in [1.29, 1.82) is 0 Å². The number of hydrazine groups is 1. The van der Waals surface area contributed by atoms with Crippen LogP contribution in [0.2, 0.25) is 0 Å². The lowest BCUT2D eigenvalue weighted by atomic mass is 10.2. The van der Waals surface area contributed by atoms with Crippen LogP contribution in [0.25, 0.3) is 11.4 Å². The minimum absolute atomic E-state index is 0.341. The number of nitrogen functional groups attached to an aromatic ring is 1. The largest absolute Gasteiger partial charge is 0.367 e. The molecule has 1 aromatic carbocycles. The molecule has 104 valence electrons. The molecule has 1 unspecified atom stereocenters. The first-order valence-corrected chi connectivity index (χ1v) is 6.76. The van der Waals surface area contributed by atoms with Gasteiger partial charge >= 0.3 is 0 Å². The van der Waals surface area contributed by atoms with Crippen molar-refractivity contribution in [2.24, 2.45) is 11.3 Å². The highest BCUT2D eigenvalue weighted by atomic mass is 15.3. The van der Waals surface area contributed by atoms with Crippen LogP contribution in [0.3, 0.4) is 0 Å². The Morgan fingerprint density at radius 1 is 1.15 bits per heavy atom. The van der Waals surface area contributed by atoms with Crippen molar-refractivity contribution in [3.8, 4) is 11.4 Å². The van der Waals surface area contributed by atoms with Crippen molar-refractivity contribution >= 4 is 11.6 Å². The van der Waals surface area contributed by atoms with Crippen LogP contribution in [0.4, 0.5) is 11.6 Å². The van der Waals surface area contributed by atoms with Gasteiger partial charge < -0.3 is 10.7 Å². The summed E-state index contributed by atoms with van der Waals surface area (Å²) >= 11 is 0. The minimum atomic E-state index is 0.341. The third kappa shape index (κ3) is 2.58. The summed E-state index contributed by atoms with van der Waals surface area (Å²) in [5, 5.41) is 3.44. The van der Waals surface area contributed by atoms with Crippen LogP contribution < -0.4 is 16.6 Å². The number of benzene rings is 1. The van der Waals surface area contributed by atoms with E-state index in [1.165, 1.54) is 0 Å². The molecule has 0 spiro atoms. The maximum Gasteiger partial charge on any atom is 0.163 e. The molecule has 1 saturated carbocycles. The number of rotatable bonds is 4. The first-order chi connectivity index (χ1) is 9.58. The van der Waals surface area contributed by atoms with Crippen molar-refractivity contribution in [1.82, 2.24) is 9.97 Å². The van der Waals surface area contributed by atoms with E-state index in [-0.39, 0.29) is 0 Å². The van der Waals surface area contributed by atoms with Gasteiger partial charge in [-0.05, 0) is 11.8 Å². The normalized spacial score (nSPS) is 19.4. The minimum Gasteiger partial charge on any atom is -0.367 e. The van der Waals surface area contributed by atoms with Crippen LogP contribution in [0.15, 0.2) is 36.4 Å². The Morgan fingerprint density at radius 2 is 1.80 bits per heavy atom. The molecule has 0 radical (unpaired) electrons. The molecule has 1 aromatic heterocycles. The second kappa shape index (κ2) is 4.76. The fourth-order valence-electron chi connectivity index (χ4n) is 2.20. The number of aromatic nitrogens is 2. The van der Waals surface area contributed by atoms with Gasteiger partial charge in [0.15, 0.2) is 5.82 Å². The van der Waals surface area contributed by atoms with Crippen molar-refractivity contribution in [2.75, 3.05) is 10.7 Å². The molecule has 4 N–H and O–H groups in total. The molecule has 1 heterocycles. The fourth-order valence-corrected chi connectivity index (χ4v) is 2.20. The molecule has 1 aliphatic rings. The number of nitrogens with one attached hydrogen (secondary N) is 2. The molecule has 0 amide bonds. The van der Waals surface area contributed by atoms with Crippen LogP contribution >= 0.6 is 0 Å². The maximum absolute atomic E-state index is 5.50. The van der Waals surface area contributed by atoms with E-state index in [0.29, 0.717) is 23.1 Å². The van der Waals surface area contributed by atoms with Crippen LogP contribution in [0.5, 0.6) is 0 Å². The van der Waals surface area contributed by atoms with E-state index < -0.39 is 0 Å². The van der Waals surface area contributed by atoms with Gasteiger partial charge in [0.25, 0.3) is 0 Å². The van der Waals surface area contributed by atoms with Gasteiger partial charge in [-0.25, -0.2) is 15.8 Å². The summed E-state index contributed by atoms with van der Waals surface area (Å²) in [5.74, 6) is 7.58. The average Bonchev–Trinajstić information content (AvgIpc) is 3.06. The highest BCUT2D eigenvalue weighted by Gasteiger charge is 2.45. The first kappa shape index (κ1) is 12.9. The molecular weight excluding hydrogens is 250 g/mol. The van der Waals surface area contributed by atoms with E-state index >= 15 is 0 Å². The second-order valence-corrected chi connectivity index (χ2v) is 5.86. The number of anilines is 2. The summed E-state index contributed by atoms with van der Waals surface area (Å²) in [6.07, 6.45) is 1.16. The number of hydrogen-bond acceptors (Lipinski definition) is 5. The van der Waals surface area contributed by atoms with Gasteiger partial charge in [-0.2, -0.15) is 0 Å². The molecule has 5 heteroatoms. The zero-order chi connectivity index (χ0) is 14.2. The zero-order valence-electron chi connectivity index (χ0n) is 11.7. The number of nitrogens with zero attached hydrogens (tertiary/aromatic N) is 2. The molecular formula is C15H19N5. The lowest BCUT2D eigenvalue weighted by Crippen LogP contribution is -2.13. The Bertz CT molecular complexity index is 609. The molecule has 20 heavy (non-hydrogen) atoms. The maximum atomic E-state index is 5.50. The summed E-state index contributed by atoms with van der Waals surface area (Å²) in [4.78, 5) is 8.98. The fraction of sp³-hybridized carbons (Fsp3) is 0.333. The Balaban J connectivity index is 1.91. The SMILES string of the molecule is CC1(C)CC1Nc1cc(NN)nc(-c2ccccc2)n1. The molecule has 0 bridgehead atoms. The van der Waals surface area contributed by atoms with Gasteiger partial charge in [-0.15, -0.1) is 0 Å². The highest BCUT2D eigenvalue weighted by molar-refractivity contribution is 5.61. The number of hydrogen-bond donors (Lipinski definition) is 3. The van der Waals surface area contributed by atoms with Crippen LogP contribution in [0, 0.1) is 5.41 Å². The van der Waals surface area contributed by atoms with Gasteiger partial charge in [-0.3, -0.25) is 0 Å². The average molecular weight is 269 g/mol. The van der Waals surface area contributed by atoms with Crippen molar-refractivity contribution < 1.29 is 0 Å². The van der Waals surface area contributed by atoms with Gasteiger partial charge in [0, 0.05) is 17.7 Å². The summed E-state index contributed by atoms with van der Waals surface area (Å²) in [5.41, 5.74) is 3.92. The molecule has 0 saturated heterocycles. The molecule has 1 atom stereocenters. The monoisotopic (exact) mass is 269 g/mol. The van der Waals surface area contributed by atoms with Gasteiger partial charge in [0.2, 0.25) is 0 Å². The lowest BCUT2D eigenvalue weighted by molar-refractivity contribution is 0.630. The van der Waals surface area contributed by atoms with Crippen molar-refractivity contribution in [2.45, 2.75) is 26.3 Å². The summed E-state index contributed by atoms with van der Waals surface area (Å²) in [6.45, 7) is 4.48. The van der Waals surface area contributed by atoms with E-state index in [0.717, 1.165) is 17.8 Å². The van der Waals surface area contributed by atoms with Gasteiger partial charge in [-0.1, -0.05) is 44.2 Å². The third-order valence-corrected chi connectivity index (χ3v) is 3.74. The van der Waals surface area contributed by atoms with Crippen LogP contribution in [-0.4, -0.2) is 16.0 Å². The predicted molar refractivity (Wildman–Crippen MR) is 81.1 cm³/mol. The van der Waals surface area contributed by atoms with Gasteiger partial charge in [0.1, 0.15) is 11.6 Å². The summed E-state index contributed by atoms with van der Waals surface area (Å²) < 4.78 is 0. The van der Waals surface area contributed by atoms with Gasteiger partial charge in [0.05, 0.1) is 0 Å². The van der Waals surface area contributed by atoms with E-state index in [9.17, 15) is 0 Å². The topological polar surface area (TPSA) is 75.9 Å². The quantitative estimate of drug-likeness (QED) is 0.587. The standard InChI is InChI=1S/C15H19N5/c1-15(2)9-11(15)17-12-8-13(20-16)19-14(18-12)10-6-4-3-5-7-10/h3-8,11H,9,16H2,1-2H3,(H2,17,18,19,20). The van der Waals surface area contributed by atoms with Crippen LogP contribution in [-0.2, 0) is 0 Å². The first-order valence-electron chi connectivity index (χ1n) is 6.76. The summed E-state index contributed by atoms with van der Waals surface area (Å²) in [6, 6.07) is 12.2. The van der Waals surface area contributed by atoms with E-state index in [4.69, 9.17) is 5.84 Å². The third-order valence-electron chi connectivity index (χ3n) is 3.74. The molecule has 1 fully saturated rings. The highest BCUT2D eigenvalue weighted by Crippen LogP contribution is 2.46. The Kier molecular flexibility index (Phi) is 3.06. The summed E-state index contributed by atoms with van der Waals surface area (Å²) in [7, 11) is 0. The lowest BCUT2D eigenvalue weighted by Gasteiger charge is -2.11. The molecule has 5 nitrogen and oxygen atoms in total. The Labute approximate surface area is 118 Å². The van der Waals surface area contributed by atoms with E-state index in [1.54, 1.807) is 0 Å². The Hall–Kier alpha value is -2.14. The van der Waals surface area contributed by atoms with Crippen molar-refractivity contribution in [3.05, 3.63) is 36.4 Å². The van der Waals surface area contributed by atoms with Crippen molar-refractivity contribution in [3.63, 3.8) is 0 Å². The zero-order valence-corrected chi connectivity index (χ0v) is 11.7. The predicted octanol–water partition coefficient (Wildman–Crippen LogP) is 2.64. The molecule has 1 aliphatic carbocycles. The molecule has 2 aromatic rings.